The quantitative estimate of drug-likeness (QED) is 0.839. The van der Waals surface area contributed by atoms with Crippen molar-refractivity contribution in [2.24, 2.45) is 0 Å². The lowest BCUT2D eigenvalue weighted by Gasteiger charge is -2.45. The predicted molar refractivity (Wildman–Crippen MR) is 105 cm³/mol. The molecule has 29 heavy (non-hydrogen) atoms. The van der Waals surface area contributed by atoms with Gasteiger partial charge in [-0.25, -0.2) is 9.18 Å². The fourth-order valence-corrected chi connectivity index (χ4v) is 5.69. The van der Waals surface area contributed by atoms with E-state index < -0.39 is 6.09 Å². The molecule has 4 aliphatic heterocycles. The number of halogens is 1. The van der Waals surface area contributed by atoms with E-state index in [1.165, 1.54) is 16.0 Å². The van der Waals surface area contributed by atoms with Crippen LogP contribution < -0.4 is 0 Å². The molecule has 1 spiro atoms. The lowest BCUT2D eigenvalue weighted by Crippen LogP contribution is -2.63. The van der Waals surface area contributed by atoms with E-state index in [9.17, 15) is 9.18 Å². The lowest BCUT2D eigenvalue weighted by atomic mass is 9.81. The van der Waals surface area contributed by atoms with Gasteiger partial charge in [-0.05, 0) is 68.0 Å². The monoisotopic (exact) mass is 404 g/mol. The highest BCUT2D eigenvalue weighted by molar-refractivity contribution is 5.66. The van der Waals surface area contributed by atoms with Gasteiger partial charge in [0.05, 0.1) is 26.3 Å². The van der Waals surface area contributed by atoms with Crippen LogP contribution in [-0.2, 0) is 9.47 Å². The third-order valence-corrected chi connectivity index (χ3v) is 7.32. The minimum Gasteiger partial charge on any atom is -0.465 e. The first kappa shape index (κ1) is 19.3. The fourth-order valence-electron chi connectivity index (χ4n) is 5.69. The van der Waals surface area contributed by atoms with Crippen molar-refractivity contribution in [2.75, 3.05) is 46.0 Å². The van der Waals surface area contributed by atoms with E-state index in [2.05, 4.69) is 4.90 Å². The van der Waals surface area contributed by atoms with Gasteiger partial charge < -0.3 is 19.5 Å². The summed E-state index contributed by atoms with van der Waals surface area (Å²) >= 11 is 0. The van der Waals surface area contributed by atoms with Crippen LogP contribution in [0.4, 0.5) is 9.18 Å². The zero-order valence-corrected chi connectivity index (χ0v) is 16.7. The number of hydrogen-bond acceptors (Lipinski definition) is 4. The highest BCUT2D eigenvalue weighted by atomic mass is 19.1. The molecule has 4 fully saturated rings. The number of likely N-dealkylation sites (tertiary alicyclic amines) is 2. The Bertz CT molecular complexity index is 768. The van der Waals surface area contributed by atoms with Gasteiger partial charge in [-0.15, -0.1) is 0 Å². The minimum absolute atomic E-state index is 0.149. The number of carboxylic acid groups (broad SMARTS) is 1. The molecule has 0 saturated carbocycles. The van der Waals surface area contributed by atoms with E-state index in [0.717, 1.165) is 52.0 Å². The van der Waals surface area contributed by atoms with Gasteiger partial charge in [-0.3, -0.25) is 4.90 Å². The van der Waals surface area contributed by atoms with Crippen molar-refractivity contribution in [2.45, 2.75) is 49.2 Å². The molecule has 1 aromatic rings. The Labute approximate surface area is 170 Å². The molecule has 4 saturated heterocycles. The molecule has 4 heterocycles. The van der Waals surface area contributed by atoms with Crippen LogP contribution in [0.5, 0.6) is 0 Å². The largest absolute Gasteiger partial charge is 0.465 e. The number of hydrogen-bond donors (Lipinski definition) is 1. The maximum atomic E-state index is 14.0. The average molecular weight is 404 g/mol. The Balaban J connectivity index is 1.21. The van der Waals surface area contributed by atoms with Crippen molar-refractivity contribution in [1.29, 1.82) is 0 Å². The molecule has 5 rings (SSSR count). The third kappa shape index (κ3) is 3.64. The molecule has 7 heteroatoms. The average Bonchev–Trinajstić information content (AvgIpc) is 3.37. The molecule has 0 aliphatic carbocycles. The van der Waals surface area contributed by atoms with Crippen LogP contribution in [0, 0.1) is 5.82 Å². The molecule has 1 amide bonds. The lowest BCUT2D eigenvalue weighted by molar-refractivity contribution is -0.0982. The second-order valence-electron chi connectivity index (χ2n) is 9.13. The van der Waals surface area contributed by atoms with Gasteiger partial charge >= 0.3 is 6.09 Å². The van der Waals surface area contributed by atoms with Crippen molar-refractivity contribution < 1.29 is 23.8 Å². The van der Waals surface area contributed by atoms with Gasteiger partial charge in [0.15, 0.2) is 0 Å². The second kappa shape index (κ2) is 7.52. The van der Waals surface area contributed by atoms with Crippen molar-refractivity contribution >= 4 is 6.09 Å². The van der Waals surface area contributed by atoms with Crippen LogP contribution in [-0.4, -0.2) is 78.6 Å². The predicted octanol–water partition coefficient (Wildman–Crippen LogP) is 3.03. The first-order valence-corrected chi connectivity index (χ1v) is 10.8. The molecule has 6 nitrogen and oxygen atoms in total. The van der Waals surface area contributed by atoms with E-state index in [0.29, 0.717) is 37.6 Å². The number of ether oxygens (including phenoxy) is 2. The first-order chi connectivity index (χ1) is 14.0. The van der Waals surface area contributed by atoms with E-state index in [1.807, 2.05) is 6.07 Å². The van der Waals surface area contributed by atoms with Crippen molar-refractivity contribution in [1.82, 2.24) is 9.80 Å². The summed E-state index contributed by atoms with van der Waals surface area (Å²) < 4.78 is 25.6. The molecule has 0 aromatic heterocycles. The number of piperidine rings is 1. The maximum Gasteiger partial charge on any atom is 0.407 e. The Morgan fingerprint density at radius 3 is 2.59 bits per heavy atom. The smallest absolute Gasteiger partial charge is 0.407 e. The Hall–Kier alpha value is -1.70. The van der Waals surface area contributed by atoms with Crippen LogP contribution in [0.3, 0.4) is 0 Å². The topological polar surface area (TPSA) is 62.2 Å². The van der Waals surface area contributed by atoms with Gasteiger partial charge in [-0.1, -0.05) is 6.07 Å². The van der Waals surface area contributed by atoms with Crippen molar-refractivity contribution in [3.63, 3.8) is 0 Å². The summed E-state index contributed by atoms with van der Waals surface area (Å²) in [5.41, 5.74) is 2.18. The van der Waals surface area contributed by atoms with Gasteiger partial charge in [0.2, 0.25) is 0 Å². The summed E-state index contributed by atoms with van der Waals surface area (Å²) in [7, 11) is 0. The molecule has 0 bridgehead atoms. The van der Waals surface area contributed by atoms with E-state index >= 15 is 0 Å². The van der Waals surface area contributed by atoms with Gasteiger partial charge in [-0.2, -0.15) is 0 Å². The first-order valence-electron chi connectivity index (χ1n) is 10.8. The standard InChI is InChI=1S/C22H29FN2O4/c23-17-1-2-19(16-5-8-28-11-16)20(9-17)15-3-6-24(7-4-15)18-10-22(29-12-18)13-25(14-22)21(26)27/h1-2,9,15-16,18H,3-8,10-14H2,(H,26,27). The summed E-state index contributed by atoms with van der Waals surface area (Å²) in [5, 5.41) is 9.07. The van der Waals surface area contributed by atoms with Gasteiger partial charge in [0.1, 0.15) is 11.4 Å². The summed E-state index contributed by atoms with van der Waals surface area (Å²) in [4.78, 5) is 15.0. The highest BCUT2D eigenvalue weighted by Crippen LogP contribution is 2.40. The number of amides is 1. The van der Waals surface area contributed by atoms with Crippen LogP contribution in [0.25, 0.3) is 0 Å². The van der Waals surface area contributed by atoms with Gasteiger partial charge in [0, 0.05) is 18.6 Å². The molecule has 1 aromatic carbocycles. The van der Waals surface area contributed by atoms with Crippen molar-refractivity contribution in [3.05, 3.63) is 35.1 Å². The molecule has 158 valence electrons. The normalized spacial score (nSPS) is 30.0. The minimum atomic E-state index is -0.859. The molecule has 0 radical (unpaired) electrons. The van der Waals surface area contributed by atoms with Crippen LogP contribution in [0.1, 0.15) is 48.6 Å². The third-order valence-electron chi connectivity index (χ3n) is 7.32. The maximum absolute atomic E-state index is 14.0. The zero-order chi connectivity index (χ0) is 20.0. The Kier molecular flexibility index (Phi) is 5.00. The fraction of sp³-hybridized carbons (Fsp3) is 0.682. The van der Waals surface area contributed by atoms with E-state index in [-0.39, 0.29) is 11.4 Å². The Morgan fingerprint density at radius 1 is 1.10 bits per heavy atom. The summed E-state index contributed by atoms with van der Waals surface area (Å²) in [6, 6.07) is 5.66. The Morgan fingerprint density at radius 2 is 1.90 bits per heavy atom. The summed E-state index contributed by atoms with van der Waals surface area (Å²) in [6.45, 7) is 5.16. The molecule has 2 unspecified atom stereocenters. The number of nitrogens with zero attached hydrogens (tertiary/aromatic N) is 2. The van der Waals surface area contributed by atoms with Crippen LogP contribution in [0.2, 0.25) is 0 Å². The number of benzene rings is 1. The molecular weight excluding hydrogens is 375 g/mol. The van der Waals surface area contributed by atoms with Gasteiger partial charge in [0.25, 0.3) is 0 Å². The van der Waals surface area contributed by atoms with E-state index in [1.54, 1.807) is 12.1 Å². The second-order valence-corrected chi connectivity index (χ2v) is 9.13. The number of carbonyl (C=O) groups is 1. The molecule has 1 N–H and O–H groups in total. The molecule has 4 aliphatic rings. The zero-order valence-electron chi connectivity index (χ0n) is 16.7. The van der Waals surface area contributed by atoms with Crippen LogP contribution >= 0.6 is 0 Å². The molecular formula is C22H29FN2O4. The van der Waals surface area contributed by atoms with Crippen molar-refractivity contribution in [3.8, 4) is 0 Å². The number of rotatable bonds is 3. The summed E-state index contributed by atoms with van der Waals surface area (Å²) in [6.07, 6.45) is 3.11. The van der Waals surface area contributed by atoms with E-state index in [4.69, 9.17) is 14.6 Å². The SMILES string of the molecule is O=C(O)N1CC2(CC(N3CCC(c4cc(F)ccc4C4CCOC4)CC3)CO2)C1. The highest BCUT2D eigenvalue weighted by Gasteiger charge is 2.52. The summed E-state index contributed by atoms with van der Waals surface area (Å²) in [5.74, 6) is 0.631. The van der Waals surface area contributed by atoms with Crippen LogP contribution in [0.15, 0.2) is 18.2 Å². The molecule has 2 atom stereocenters.